The molecule has 0 fully saturated rings. The highest BCUT2D eigenvalue weighted by Gasteiger charge is 2.14. The molecule has 0 aliphatic heterocycles. The molecule has 0 radical (unpaired) electrons. The fraction of sp³-hybridized carbons (Fsp3) is 0.273. The minimum atomic E-state index is -0.828. The molecule has 30 heavy (non-hydrogen) atoms. The molecule has 0 aliphatic carbocycles. The molecule has 0 unspecified atom stereocenters. The predicted molar refractivity (Wildman–Crippen MR) is 115 cm³/mol. The molecule has 8 nitrogen and oxygen atoms in total. The van der Waals surface area contributed by atoms with Gasteiger partial charge in [0.2, 0.25) is 0 Å². The van der Waals surface area contributed by atoms with E-state index in [9.17, 15) is 14.4 Å². The Hall–Kier alpha value is -3.68. The third kappa shape index (κ3) is 7.38. The fourth-order valence-corrected chi connectivity index (χ4v) is 2.31. The van der Waals surface area contributed by atoms with E-state index in [0.717, 1.165) is 17.7 Å². The summed E-state index contributed by atoms with van der Waals surface area (Å²) in [6, 6.07) is 14.2. The fourth-order valence-electron chi connectivity index (χ4n) is 2.31. The molecule has 158 valence electrons. The topological polar surface area (TPSA) is 109 Å². The van der Waals surface area contributed by atoms with Gasteiger partial charge in [-0.1, -0.05) is 25.1 Å². The first-order valence-corrected chi connectivity index (χ1v) is 9.61. The molecule has 0 saturated carbocycles. The molecule has 2 aromatic rings. The second-order valence-electron chi connectivity index (χ2n) is 6.70. The molecule has 1 atom stereocenters. The monoisotopic (exact) mass is 410 g/mol. The van der Waals surface area contributed by atoms with Crippen LogP contribution in [0.5, 0.6) is 5.75 Å². The van der Waals surface area contributed by atoms with E-state index in [-0.39, 0.29) is 18.6 Å². The van der Waals surface area contributed by atoms with Crippen LogP contribution >= 0.6 is 0 Å². The summed E-state index contributed by atoms with van der Waals surface area (Å²) in [6.07, 6.45) is 2.13. The number of aryl methyl sites for hydroxylation is 1. The van der Waals surface area contributed by atoms with E-state index < -0.39 is 11.8 Å². The van der Waals surface area contributed by atoms with E-state index in [0.29, 0.717) is 11.3 Å². The number of carbonyl (C=O) groups is 3. The Labute approximate surface area is 175 Å². The Balaban J connectivity index is 1.78. The first kappa shape index (κ1) is 22.6. The number of nitrogens with zero attached hydrogens (tertiary/aromatic N) is 1. The van der Waals surface area contributed by atoms with Crippen LogP contribution in [-0.4, -0.2) is 36.6 Å². The lowest BCUT2D eigenvalue weighted by Crippen LogP contribution is -2.41. The first-order chi connectivity index (χ1) is 14.4. The Morgan fingerprint density at radius 2 is 1.77 bits per heavy atom. The molecule has 0 aromatic heterocycles. The van der Waals surface area contributed by atoms with E-state index in [1.54, 1.807) is 24.3 Å². The quantitative estimate of drug-likeness (QED) is 0.353. The van der Waals surface area contributed by atoms with Crippen LogP contribution in [0.3, 0.4) is 0 Å². The Kier molecular flexibility index (Phi) is 8.56. The molecule has 3 N–H and O–H groups in total. The van der Waals surface area contributed by atoms with Gasteiger partial charge < -0.3 is 15.4 Å². The molecule has 0 heterocycles. The zero-order chi connectivity index (χ0) is 21.9. The molecule has 0 saturated heterocycles. The summed E-state index contributed by atoms with van der Waals surface area (Å²) in [6.45, 7) is 5.51. The van der Waals surface area contributed by atoms with Crippen molar-refractivity contribution in [1.29, 1.82) is 0 Å². The van der Waals surface area contributed by atoms with Crippen molar-refractivity contribution in [2.24, 2.45) is 5.10 Å². The number of hydrogen-bond donors (Lipinski definition) is 3. The highest BCUT2D eigenvalue weighted by atomic mass is 16.5. The highest BCUT2D eigenvalue weighted by Crippen LogP contribution is 2.14. The van der Waals surface area contributed by atoms with Crippen LogP contribution in [0.2, 0.25) is 0 Å². The smallest absolute Gasteiger partial charge is 0.329 e. The Morgan fingerprint density at radius 3 is 2.43 bits per heavy atom. The van der Waals surface area contributed by atoms with Gasteiger partial charge in [0.15, 0.2) is 6.61 Å². The van der Waals surface area contributed by atoms with E-state index in [2.05, 4.69) is 21.2 Å². The highest BCUT2D eigenvalue weighted by molar-refractivity contribution is 6.35. The summed E-state index contributed by atoms with van der Waals surface area (Å²) in [4.78, 5) is 35.3. The normalized spacial score (nSPS) is 11.6. The molecule has 0 bridgehead atoms. The van der Waals surface area contributed by atoms with Crippen LogP contribution in [0.25, 0.3) is 0 Å². The average Bonchev–Trinajstić information content (AvgIpc) is 2.74. The van der Waals surface area contributed by atoms with Crippen molar-refractivity contribution >= 4 is 29.6 Å². The lowest BCUT2D eigenvalue weighted by molar-refractivity contribution is -0.139. The maximum absolute atomic E-state index is 12.0. The SMILES string of the molecule is CC[C@H](C)NC(=O)C(=O)N/N=C\c1ccc(OCC(=O)Nc2ccccc2C)cc1. The van der Waals surface area contributed by atoms with Crippen LogP contribution in [0, 0.1) is 6.92 Å². The van der Waals surface area contributed by atoms with Gasteiger partial charge in [-0.05, 0) is 61.7 Å². The lowest BCUT2D eigenvalue weighted by atomic mass is 10.2. The minimum absolute atomic E-state index is 0.0847. The lowest BCUT2D eigenvalue weighted by Gasteiger charge is -2.09. The van der Waals surface area contributed by atoms with Crippen molar-refractivity contribution < 1.29 is 19.1 Å². The number of ether oxygens (including phenoxy) is 1. The van der Waals surface area contributed by atoms with Gasteiger partial charge in [-0.3, -0.25) is 14.4 Å². The van der Waals surface area contributed by atoms with Crippen molar-refractivity contribution in [3.63, 3.8) is 0 Å². The van der Waals surface area contributed by atoms with Gasteiger partial charge in [-0.15, -0.1) is 0 Å². The summed E-state index contributed by atoms with van der Waals surface area (Å²) < 4.78 is 5.48. The van der Waals surface area contributed by atoms with Crippen molar-refractivity contribution in [3.8, 4) is 5.75 Å². The number of anilines is 1. The molecule has 2 rings (SSSR count). The van der Waals surface area contributed by atoms with E-state index in [1.165, 1.54) is 6.21 Å². The molecular formula is C22H26N4O4. The van der Waals surface area contributed by atoms with Gasteiger partial charge in [-0.2, -0.15) is 5.10 Å². The van der Waals surface area contributed by atoms with Crippen LogP contribution in [0.15, 0.2) is 53.6 Å². The number of carbonyl (C=O) groups excluding carboxylic acids is 3. The zero-order valence-corrected chi connectivity index (χ0v) is 17.3. The summed E-state index contributed by atoms with van der Waals surface area (Å²) in [7, 11) is 0. The van der Waals surface area contributed by atoms with Crippen molar-refractivity contribution in [2.75, 3.05) is 11.9 Å². The van der Waals surface area contributed by atoms with Crippen LogP contribution in [0.4, 0.5) is 5.69 Å². The second kappa shape index (κ2) is 11.4. The minimum Gasteiger partial charge on any atom is -0.484 e. The Bertz CT molecular complexity index is 910. The van der Waals surface area contributed by atoms with Crippen molar-refractivity contribution in [3.05, 3.63) is 59.7 Å². The number of amides is 3. The third-order valence-electron chi connectivity index (χ3n) is 4.24. The Morgan fingerprint density at radius 1 is 1.07 bits per heavy atom. The number of hydrogen-bond acceptors (Lipinski definition) is 5. The standard InChI is InChI=1S/C22H26N4O4/c1-4-16(3)24-21(28)22(29)26-23-13-17-9-11-18(12-10-17)30-14-20(27)25-19-8-6-5-7-15(19)2/h5-13,16H,4,14H2,1-3H3,(H,24,28)(H,25,27)(H,26,29)/b23-13-/t16-/m0/s1. The number of nitrogens with one attached hydrogen (secondary N) is 3. The van der Waals surface area contributed by atoms with Gasteiger partial charge in [0, 0.05) is 11.7 Å². The number of para-hydroxylation sites is 1. The zero-order valence-electron chi connectivity index (χ0n) is 17.3. The number of rotatable bonds is 8. The number of benzene rings is 2. The van der Waals surface area contributed by atoms with Crippen LogP contribution < -0.4 is 20.8 Å². The van der Waals surface area contributed by atoms with Gasteiger partial charge in [0.1, 0.15) is 5.75 Å². The summed E-state index contributed by atoms with van der Waals surface area (Å²) in [5.41, 5.74) is 4.59. The van der Waals surface area contributed by atoms with Crippen molar-refractivity contribution in [1.82, 2.24) is 10.7 Å². The van der Waals surface area contributed by atoms with Gasteiger partial charge >= 0.3 is 11.8 Å². The van der Waals surface area contributed by atoms with Gasteiger partial charge in [-0.25, -0.2) is 5.43 Å². The molecule has 2 aromatic carbocycles. The van der Waals surface area contributed by atoms with E-state index in [1.807, 2.05) is 45.0 Å². The molecule has 0 spiro atoms. The molecule has 3 amide bonds. The molecule has 0 aliphatic rings. The summed E-state index contributed by atoms with van der Waals surface area (Å²) >= 11 is 0. The maximum atomic E-state index is 12.0. The first-order valence-electron chi connectivity index (χ1n) is 9.61. The second-order valence-corrected chi connectivity index (χ2v) is 6.70. The average molecular weight is 410 g/mol. The molecular weight excluding hydrogens is 384 g/mol. The predicted octanol–water partition coefficient (Wildman–Crippen LogP) is 2.38. The van der Waals surface area contributed by atoms with E-state index in [4.69, 9.17) is 4.74 Å². The van der Waals surface area contributed by atoms with E-state index >= 15 is 0 Å². The van der Waals surface area contributed by atoms with Crippen molar-refractivity contribution in [2.45, 2.75) is 33.2 Å². The maximum Gasteiger partial charge on any atom is 0.329 e. The summed E-state index contributed by atoms with van der Waals surface area (Å²) in [5.74, 6) is -1.29. The molecule has 8 heteroatoms. The largest absolute Gasteiger partial charge is 0.484 e. The number of hydrazone groups is 1. The third-order valence-corrected chi connectivity index (χ3v) is 4.24. The van der Waals surface area contributed by atoms with Crippen LogP contribution in [-0.2, 0) is 14.4 Å². The van der Waals surface area contributed by atoms with Gasteiger partial charge in [0.25, 0.3) is 5.91 Å². The van der Waals surface area contributed by atoms with Crippen LogP contribution in [0.1, 0.15) is 31.4 Å². The summed E-state index contributed by atoms with van der Waals surface area (Å²) in [5, 5.41) is 9.11. The van der Waals surface area contributed by atoms with Gasteiger partial charge in [0.05, 0.1) is 6.21 Å².